The van der Waals surface area contributed by atoms with Crippen LogP contribution in [0.4, 0.5) is 0 Å². The fourth-order valence-electron chi connectivity index (χ4n) is 3.83. The van der Waals surface area contributed by atoms with Crippen molar-refractivity contribution >= 4 is 39.7 Å². The smallest absolute Gasteiger partial charge is 0.262 e. The van der Waals surface area contributed by atoms with Gasteiger partial charge in [-0.1, -0.05) is 0 Å². The molecule has 10 heteroatoms. The van der Waals surface area contributed by atoms with Crippen LogP contribution in [0.1, 0.15) is 42.5 Å². The Kier molecular flexibility index (Phi) is 5.91. The van der Waals surface area contributed by atoms with E-state index in [-0.39, 0.29) is 17.9 Å². The Hall–Kier alpha value is -2.33. The number of aromatic nitrogens is 5. The lowest BCUT2D eigenvalue weighted by atomic mass is 9.97. The topological polar surface area (TPSA) is 97.6 Å². The largest absolute Gasteiger partial charge is 0.356 e. The second-order valence-electron chi connectivity index (χ2n) is 7.17. The molecule has 3 heterocycles. The van der Waals surface area contributed by atoms with Crippen LogP contribution in [0.2, 0.25) is 0 Å². The van der Waals surface area contributed by atoms with Gasteiger partial charge in [-0.15, -0.1) is 11.3 Å². The molecule has 8 nitrogen and oxygen atoms in total. The van der Waals surface area contributed by atoms with Gasteiger partial charge in [0.1, 0.15) is 10.7 Å². The number of nitrogens with zero attached hydrogens (tertiary/aromatic N) is 4. The molecule has 0 aliphatic heterocycles. The van der Waals surface area contributed by atoms with E-state index in [1.54, 1.807) is 22.2 Å². The Morgan fingerprint density at radius 1 is 1.38 bits per heavy atom. The van der Waals surface area contributed by atoms with E-state index in [0.29, 0.717) is 24.3 Å². The lowest BCUT2D eigenvalue weighted by Gasteiger charge is -2.10. The predicted molar refractivity (Wildman–Crippen MR) is 115 cm³/mol. The van der Waals surface area contributed by atoms with Crippen molar-refractivity contribution in [1.82, 2.24) is 29.6 Å². The molecule has 1 amide bonds. The molecular weight excluding hydrogens is 408 g/mol. The highest BCUT2D eigenvalue weighted by Crippen LogP contribution is 2.33. The van der Waals surface area contributed by atoms with E-state index < -0.39 is 0 Å². The fourth-order valence-corrected chi connectivity index (χ4v) is 5.33. The molecule has 0 bridgehead atoms. The van der Waals surface area contributed by atoms with Gasteiger partial charge < -0.3 is 9.88 Å². The lowest BCUT2D eigenvalue weighted by Crippen LogP contribution is -2.29. The Labute approximate surface area is 177 Å². The first kappa shape index (κ1) is 20.0. The van der Waals surface area contributed by atoms with Gasteiger partial charge in [-0.2, -0.15) is 5.10 Å². The van der Waals surface area contributed by atoms with Crippen LogP contribution in [0.15, 0.2) is 11.1 Å². The summed E-state index contributed by atoms with van der Waals surface area (Å²) in [6.45, 7) is 3.54. The van der Waals surface area contributed by atoms with Crippen molar-refractivity contribution in [2.75, 3.05) is 6.54 Å². The Balaban J connectivity index is 1.37. The van der Waals surface area contributed by atoms with Crippen LogP contribution in [0.5, 0.6) is 0 Å². The van der Waals surface area contributed by atoms with Crippen LogP contribution in [0, 0.1) is 4.77 Å². The van der Waals surface area contributed by atoms with Crippen LogP contribution >= 0.6 is 23.6 Å². The van der Waals surface area contributed by atoms with Gasteiger partial charge in [-0.3, -0.25) is 19.3 Å². The maximum absolute atomic E-state index is 12.9. The fraction of sp³-hybridized carbons (Fsp3) is 0.526. The standard InChI is InChI=1S/C19H24N6O2S2/c1-2-25-14(22-23-19(25)28)7-9-20-15(26)8-10-24-11-21-17-16(18(24)27)12-5-3-4-6-13(12)29-17/h11H,2-10H2,1H3,(H,20,26)(H,23,28). The molecule has 0 fully saturated rings. The number of carbonyl (C=O) groups excluding carboxylic acids is 1. The number of carbonyl (C=O) groups is 1. The summed E-state index contributed by atoms with van der Waals surface area (Å²) in [6, 6.07) is 0. The number of nitrogens with one attached hydrogen (secondary N) is 2. The van der Waals surface area contributed by atoms with Gasteiger partial charge in [0.05, 0.1) is 11.7 Å². The summed E-state index contributed by atoms with van der Waals surface area (Å²) in [5.41, 5.74) is 1.15. The summed E-state index contributed by atoms with van der Waals surface area (Å²) in [4.78, 5) is 31.7. The maximum atomic E-state index is 12.9. The summed E-state index contributed by atoms with van der Waals surface area (Å²) in [7, 11) is 0. The predicted octanol–water partition coefficient (Wildman–Crippen LogP) is 2.36. The summed E-state index contributed by atoms with van der Waals surface area (Å²) in [6.07, 6.45) is 6.70. The highest BCUT2D eigenvalue weighted by molar-refractivity contribution is 7.71. The van der Waals surface area contributed by atoms with Gasteiger partial charge in [0.15, 0.2) is 4.77 Å². The molecule has 0 spiro atoms. The van der Waals surface area contributed by atoms with E-state index in [0.717, 1.165) is 41.8 Å². The highest BCUT2D eigenvalue weighted by atomic mass is 32.1. The normalized spacial score (nSPS) is 13.6. The zero-order valence-corrected chi connectivity index (χ0v) is 18.0. The van der Waals surface area contributed by atoms with Gasteiger partial charge in [0, 0.05) is 37.4 Å². The molecule has 0 unspecified atom stereocenters. The van der Waals surface area contributed by atoms with Gasteiger partial charge in [-0.25, -0.2) is 4.98 Å². The SMILES string of the molecule is CCn1c(CCNC(=O)CCn2cnc3sc4c(c3c2=O)CCCC4)n[nH]c1=S. The molecule has 0 radical (unpaired) electrons. The van der Waals surface area contributed by atoms with Gasteiger partial charge in [0.2, 0.25) is 5.91 Å². The number of hydrogen-bond donors (Lipinski definition) is 2. The van der Waals surface area contributed by atoms with E-state index in [2.05, 4.69) is 20.5 Å². The molecule has 3 aromatic rings. The van der Waals surface area contributed by atoms with Crippen LogP contribution in [-0.4, -0.2) is 36.8 Å². The summed E-state index contributed by atoms with van der Waals surface area (Å²) < 4.78 is 4.06. The van der Waals surface area contributed by atoms with Crippen molar-refractivity contribution in [3.8, 4) is 0 Å². The average Bonchev–Trinajstić information content (AvgIpc) is 3.27. The molecular formula is C19H24N6O2S2. The summed E-state index contributed by atoms with van der Waals surface area (Å²) >= 11 is 6.81. The van der Waals surface area contributed by atoms with Crippen molar-refractivity contribution in [2.45, 2.75) is 58.5 Å². The maximum Gasteiger partial charge on any atom is 0.262 e. The minimum atomic E-state index is -0.0958. The number of amides is 1. The quantitative estimate of drug-likeness (QED) is 0.559. The lowest BCUT2D eigenvalue weighted by molar-refractivity contribution is -0.121. The second-order valence-corrected chi connectivity index (χ2v) is 8.64. The third-order valence-electron chi connectivity index (χ3n) is 5.35. The molecule has 0 saturated heterocycles. The van der Waals surface area contributed by atoms with Gasteiger partial charge in [0.25, 0.3) is 5.56 Å². The monoisotopic (exact) mass is 432 g/mol. The van der Waals surface area contributed by atoms with Crippen molar-refractivity contribution < 1.29 is 4.79 Å². The van der Waals surface area contributed by atoms with Crippen LogP contribution in [0.3, 0.4) is 0 Å². The van der Waals surface area contributed by atoms with Gasteiger partial charge in [-0.05, 0) is 50.4 Å². The molecule has 2 N–H and O–H groups in total. The molecule has 154 valence electrons. The van der Waals surface area contributed by atoms with E-state index in [1.165, 1.54) is 16.9 Å². The molecule has 0 aromatic carbocycles. The second kappa shape index (κ2) is 8.58. The minimum absolute atomic E-state index is 0.0271. The zero-order chi connectivity index (χ0) is 20.4. The van der Waals surface area contributed by atoms with Crippen molar-refractivity contribution in [2.24, 2.45) is 0 Å². The number of aryl methyl sites for hydroxylation is 3. The summed E-state index contributed by atoms with van der Waals surface area (Å²) in [5.74, 6) is 0.729. The van der Waals surface area contributed by atoms with Crippen LogP contribution < -0.4 is 10.9 Å². The molecule has 4 rings (SSSR count). The van der Waals surface area contributed by atoms with E-state index in [9.17, 15) is 9.59 Å². The minimum Gasteiger partial charge on any atom is -0.356 e. The first-order valence-corrected chi connectivity index (χ1v) is 11.2. The number of aromatic amines is 1. The summed E-state index contributed by atoms with van der Waals surface area (Å²) in [5, 5.41) is 10.6. The number of rotatable bonds is 7. The molecule has 0 saturated carbocycles. The first-order valence-electron chi connectivity index (χ1n) is 9.99. The molecule has 3 aromatic heterocycles. The average molecular weight is 433 g/mol. The molecule has 0 atom stereocenters. The number of H-pyrrole nitrogens is 1. The van der Waals surface area contributed by atoms with Crippen molar-refractivity contribution in [3.05, 3.63) is 37.7 Å². The van der Waals surface area contributed by atoms with Crippen LogP contribution in [0.25, 0.3) is 10.2 Å². The molecule has 1 aliphatic carbocycles. The number of hydrogen-bond acceptors (Lipinski definition) is 6. The molecule has 1 aliphatic rings. The van der Waals surface area contributed by atoms with E-state index in [1.807, 2.05) is 11.5 Å². The Morgan fingerprint density at radius 3 is 3.03 bits per heavy atom. The van der Waals surface area contributed by atoms with Crippen LogP contribution in [-0.2, 0) is 37.1 Å². The highest BCUT2D eigenvalue weighted by Gasteiger charge is 2.20. The van der Waals surface area contributed by atoms with Crippen molar-refractivity contribution in [1.29, 1.82) is 0 Å². The van der Waals surface area contributed by atoms with E-state index >= 15 is 0 Å². The van der Waals surface area contributed by atoms with Crippen molar-refractivity contribution in [3.63, 3.8) is 0 Å². The van der Waals surface area contributed by atoms with Gasteiger partial charge >= 0.3 is 0 Å². The third kappa shape index (κ3) is 4.04. The Morgan fingerprint density at radius 2 is 2.21 bits per heavy atom. The number of thiophene rings is 1. The number of fused-ring (bicyclic) bond motifs is 3. The zero-order valence-electron chi connectivity index (χ0n) is 16.4. The third-order valence-corrected chi connectivity index (χ3v) is 6.86. The first-order chi connectivity index (χ1) is 14.1. The van der Waals surface area contributed by atoms with E-state index in [4.69, 9.17) is 12.2 Å². The molecule has 29 heavy (non-hydrogen) atoms. The Bertz CT molecular complexity index is 1160.